The van der Waals surface area contributed by atoms with Crippen LogP contribution in [0.15, 0.2) is 23.0 Å². The predicted molar refractivity (Wildman–Crippen MR) is 93.5 cm³/mol. The van der Waals surface area contributed by atoms with Crippen molar-refractivity contribution in [1.29, 1.82) is 0 Å². The quantitative estimate of drug-likeness (QED) is 0.918. The molecule has 1 fully saturated rings. The maximum atomic E-state index is 12.4. The molecule has 1 aliphatic rings. The summed E-state index contributed by atoms with van der Waals surface area (Å²) in [7, 11) is 1.57. The van der Waals surface area contributed by atoms with Gasteiger partial charge in [-0.25, -0.2) is 14.8 Å². The number of nitrogens with zero attached hydrogens (tertiary/aromatic N) is 4. The van der Waals surface area contributed by atoms with Crippen LogP contribution in [0.2, 0.25) is 0 Å². The van der Waals surface area contributed by atoms with Gasteiger partial charge in [0.1, 0.15) is 0 Å². The Bertz CT molecular complexity index is 684. The lowest BCUT2D eigenvalue weighted by atomic mass is 10.3. The molecule has 3 rings (SSSR count). The molecule has 1 saturated heterocycles. The van der Waals surface area contributed by atoms with Gasteiger partial charge in [0.05, 0.1) is 29.7 Å². The minimum absolute atomic E-state index is 0.0848. The highest BCUT2D eigenvalue weighted by molar-refractivity contribution is 7.07. The minimum atomic E-state index is -0.0848. The van der Waals surface area contributed by atoms with Gasteiger partial charge >= 0.3 is 6.03 Å². The van der Waals surface area contributed by atoms with E-state index in [2.05, 4.69) is 25.6 Å². The Morgan fingerprint density at radius 3 is 2.75 bits per heavy atom. The molecule has 1 N–H and O–H groups in total. The molecule has 3 heterocycles. The van der Waals surface area contributed by atoms with Gasteiger partial charge in [-0.1, -0.05) is 0 Å². The number of urea groups is 1. The maximum Gasteiger partial charge on any atom is 0.321 e. The number of nitrogens with one attached hydrogen (secondary N) is 1. The number of ether oxygens (including phenoxy) is 1. The van der Waals surface area contributed by atoms with Crippen molar-refractivity contribution in [3.8, 4) is 5.88 Å². The van der Waals surface area contributed by atoms with Crippen LogP contribution < -0.4 is 10.1 Å². The fourth-order valence-corrected chi connectivity index (χ4v) is 3.18. The van der Waals surface area contributed by atoms with E-state index >= 15 is 0 Å². The number of aryl methyl sites for hydroxylation is 1. The van der Waals surface area contributed by atoms with E-state index in [0.717, 1.165) is 31.0 Å². The first-order valence-electron chi connectivity index (χ1n) is 7.82. The largest absolute Gasteiger partial charge is 0.481 e. The number of methoxy groups -OCH3 is 1. The van der Waals surface area contributed by atoms with Crippen LogP contribution in [0.3, 0.4) is 0 Å². The monoisotopic (exact) mass is 347 g/mol. The van der Waals surface area contributed by atoms with Crippen molar-refractivity contribution in [2.45, 2.75) is 13.5 Å². The molecule has 128 valence electrons. The predicted octanol–water partition coefficient (Wildman–Crippen LogP) is 2.20. The molecule has 0 atom stereocenters. The van der Waals surface area contributed by atoms with Gasteiger partial charge in [0.15, 0.2) is 0 Å². The molecule has 7 nitrogen and oxygen atoms in total. The summed E-state index contributed by atoms with van der Waals surface area (Å²) in [6.07, 6.45) is 0. The number of aromatic nitrogens is 2. The van der Waals surface area contributed by atoms with Gasteiger partial charge in [-0.05, 0) is 13.0 Å². The number of piperazine rings is 1. The zero-order valence-corrected chi connectivity index (χ0v) is 14.7. The number of hydrogen-bond donors (Lipinski definition) is 1. The van der Waals surface area contributed by atoms with Crippen LogP contribution in [0.1, 0.15) is 11.4 Å². The van der Waals surface area contributed by atoms with E-state index in [1.54, 1.807) is 24.5 Å². The molecule has 8 heteroatoms. The number of carbonyl (C=O) groups is 1. The number of carbonyl (C=O) groups excluding carboxylic acids is 1. The number of amides is 2. The van der Waals surface area contributed by atoms with Crippen molar-refractivity contribution in [1.82, 2.24) is 19.8 Å². The maximum absolute atomic E-state index is 12.4. The number of hydrogen-bond acceptors (Lipinski definition) is 6. The van der Waals surface area contributed by atoms with Crippen LogP contribution in [0, 0.1) is 6.92 Å². The second-order valence-electron chi connectivity index (χ2n) is 5.66. The normalized spacial score (nSPS) is 15.3. The van der Waals surface area contributed by atoms with E-state index in [1.807, 2.05) is 23.4 Å². The van der Waals surface area contributed by atoms with Crippen LogP contribution in [0.4, 0.5) is 10.5 Å². The summed E-state index contributed by atoms with van der Waals surface area (Å²) in [5.41, 5.74) is 4.40. The SMILES string of the molecule is COc1ccc(NC(=O)N2CCN(Cc3cscn3)CC2)c(C)n1. The molecule has 0 aromatic carbocycles. The van der Waals surface area contributed by atoms with Gasteiger partial charge in [0.25, 0.3) is 0 Å². The summed E-state index contributed by atoms with van der Waals surface area (Å²) in [6, 6.07) is 3.48. The van der Waals surface area contributed by atoms with Crippen molar-refractivity contribution >= 4 is 23.1 Å². The smallest absolute Gasteiger partial charge is 0.321 e. The highest BCUT2D eigenvalue weighted by Gasteiger charge is 2.22. The summed E-state index contributed by atoms with van der Waals surface area (Å²) >= 11 is 1.61. The molecule has 0 aliphatic carbocycles. The molecule has 1 aliphatic heterocycles. The average molecular weight is 347 g/mol. The van der Waals surface area contributed by atoms with Gasteiger partial charge in [0.2, 0.25) is 5.88 Å². The van der Waals surface area contributed by atoms with Gasteiger partial charge in [-0.2, -0.15) is 0 Å². The fraction of sp³-hybridized carbons (Fsp3) is 0.438. The lowest BCUT2D eigenvalue weighted by molar-refractivity contribution is 0.142. The van der Waals surface area contributed by atoms with Crippen LogP contribution in [-0.4, -0.2) is 59.1 Å². The molecule has 0 bridgehead atoms. The second kappa shape index (κ2) is 7.59. The molecule has 24 heavy (non-hydrogen) atoms. The molecule has 0 spiro atoms. The Hall–Kier alpha value is -2.19. The molecular formula is C16H21N5O2S. The van der Waals surface area contributed by atoms with E-state index < -0.39 is 0 Å². The summed E-state index contributed by atoms with van der Waals surface area (Å²) < 4.78 is 5.08. The van der Waals surface area contributed by atoms with Crippen molar-refractivity contribution in [3.63, 3.8) is 0 Å². The second-order valence-corrected chi connectivity index (χ2v) is 6.38. The number of pyridine rings is 1. The Balaban J connectivity index is 1.52. The third-order valence-corrected chi connectivity index (χ3v) is 4.67. The minimum Gasteiger partial charge on any atom is -0.481 e. The standard InChI is InChI=1S/C16H21N5O2S/c1-12-14(3-4-15(18-12)23-2)19-16(22)21-7-5-20(6-8-21)9-13-10-24-11-17-13/h3-4,10-11H,5-9H2,1-2H3,(H,19,22). The van der Waals surface area contributed by atoms with Crippen LogP contribution in [0.25, 0.3) is 0 Å². The van der Waals surface area contributed by atoms with Crippen LogP contribution >= 0.6 is 11.3 Å². The lowest BCUT2D eigenvalue weighted by Gasteiger charge is -2.34. The van der Waals surface area contributed by atoms with Gasteiger partial charge in [-0.3, -0.25) is 4.90 Å². The summed E-state index contributed by atoms with van der Waals surface area (Å²) in [5.74, 6) is 0.543. The van der Waals surface area contributed by atoms with E-state index in [1.165, 1.54) is 0 Å². The van der Waals surface area contributed by atoms with Crippen molar-refractivity contribution in [3.05, 3.63) is 34.4 Å². The van der Waals surface area contributed by atoms with Crippen molar-refractivity contribution in [2.24, 2.45) is 0 Å². The van der Waals surface area contributed by atoms with E-state index in [9.17, 15) is 4.79 Å². The summed E-state index contributed by atoms with van der Waals surface area (Å²) in [5, 5.41) is 5.00. The third kappa shape index (κ3) is 4.01. The van der Waals surface area contributed by atoms with E-state index in [0.29, 0.717) is 24.7 Å². The van der Waals surface area contributed by atoms with E-state index in [-0.39, 0.29) is 6.03 Å². The fourth-order valence-electron chi connectivity index (χ4n) is 2.63. The molecular weight excluding hydrogens is 326 g/mol. The van der Waals surface area contributed by atoms with Crippen LogP contribution in [0.5, 0.6) is 5.88 Å². The molecule has 2 aromatic rings. The topological polar surface area (TPSA) is 70.6 Å². The average Bonchev–Trinajstić information content (AvgIpc) is 3.10. The first-order valence-corrected chi connectivity index (χ1v) is 8.77. The van der Waals surface area contributed by atoms with Crippen LogP contribution in [-0.2, 0) is 6.54 Å². The summed E-state index contributed by atoms with van der Waals surface area (Å²) in [6.45, 7) is 5.82. The molecule has 0 unspecified atom stereocenters. The number of rotatable bonds is 4. The van der Waals surface area contributed by atoms with Gasteiger partial charge in [-0.15, -0.1) is 11.3 Å². The van der Waals surface area contributed by atoms with Gasteiger partial charge in [0, 0.05) is 44.2 Å². The number of thiazole rings is 1. The first kappa shape index (κ1) is 16.7. The Kier molecular flexibility index (Phi) is 5.27. The first-order chi connectivity index (χ1) is 11.7. The Morgan fingerprint density at radius 2 is 2.12 bits per heavy atom. The number of anilines is 1. The van der Waals surface area contributed by atoms with Gasteiger partial charge < -0.3 is 15.0 Å². The van der Waals surface area contributed by atoms with E-state index in [4.69, 9.17) is 4.74 Å². The summed E-state index contributed by atoms with van der Waals surface area (Å²) in [4.78, 5) is 25.2. The third-order valence-electron chi connectivity index (χ3n) is 4.04. The Morgan fingerprint density at radius 1 is 1.33 bits per heavy atom. The molecule has 0 saturated carbocycles. The highest BCUT2D eigenvalue weighted by atomic mass is 32.1. The zero-order chi connectivity index (χ0) is 16.9. The zero-order valence-electron chi connectivity index (χ0n) is 13.9. The lowest BCUT2D eigenvalue weighted by Crippen LogP contribution is -2.49. The van der Waals surface area contributed by atoms with Crippen molar-refractivity contribution in [2.75, 3.05) is 38.6 Å². The molecule has 0 radical (unpaired) electrons. The van der Waals surface area contributed by atoms with Crippen molar-refractivity contribution < 1.29 is 9.53 Å². The molecule has 2 amide bonds. The highest BCUT2D eigenvalue weighted by Crippen LogP contribution is 2.18. The molecule has 2 aromatic heterocycles. The Labute approximate surface area is 145 Å².